The van der Waals surface area contributed by atoms with Gasteiger partial charge in [-0.2, -0.15) is 0 Å². The molecule has 17 heavy (non-hydrogen) atoms. The van der Waals surface area contributed by atoms with E-state index in [4.69, 9.17) is 10.3 Å². The number of hydrogen-bond donors (Lipinski definition) is 2. The largest absolute Gasteiger partial charge is 0.411 e. The summed E-state index contributed by atoms with van der Waals surface area (Å²) in [6.07, 6.45) is 0.919. The maximum atomic E-state index is 12.7. The van der Waals surface area contributed by atoms with Gasteiger partial charge in [0.1, 0.15) is 16.8 Å². The third-order valence-electron chi connectivity index (χ3n) is 2.24. The fraction of sp³-hybridized carbons (Fsp3) is 0.300. The standard InChI is InChI=1S/C10H12FNO4S/c1-17(15,16)9(6-13)10(12-14)7-2-4-8(11)5-3-7/h2-5,9,13-14H,6H2,1H3/b12-10+. The Bertz CT molecular complexity index is 510. The minimum atomic E-state index is -3.62. The first-order valence-corrected chi connectivity index (χ1v) is 6.63. The zero-order valence-corrected chi connectivity index (χ0v) is 9.85. The SMILES string of the molecule is CS(=O)(=O)C(CO)/C(=N/O)c1ccc(F)cc1. The fourth-order valence-electron chi connectivity index (χ4n) is 1.35. The lowest BCUT2D eigenvalue weighted by molar-refractivity contribution is 0.296. The first kappa shape index (κ1) is 13.6. The fourth-order valence-corrected chi connectivity index (χ4v) is 2.21. The van der Waals surface area contributed by atoms with Crippen LogP contribution in [0, 0.1) is 5.82 Å². The average Bonchev–Trinajstić information content (AvgIpc) is 2.25. The first-order chi connectivity index (χ1) is 7.90. The molecule has 0 amide bonds. The third kappa shape index (κ3) is 3.24. The Morgan fingerprint density at radius 1 is 1.41 bits per heavy atom. The molecule has 5 nitrogen and oxygen atoms in total. The highest BCUT2D eigenvalue weighted by atomic mass is 32.2. The van der Waals surface area contributed by atoms with E-state index in [1.54, 1.807) is 0 Å². The predicted octanol–water partition coefficient (Wildman–Crippen LogP) is 0.409. The van der Waals surface area contributed by atoms with Gasteiger partial charge in [0, 0.05) is 11.8 Å². The second-order valence-electron chi connectivity index (χ2n) is 3.49. The molecule has 1 aromatic rings. The molecule has 0 bridgehead atoms. The van der Waals surface area contributed by atoms with Crippen molar-refractivity contribution in [1.82, 2.24) is 0 Å². The summed E-state index contributed by atoms with van der Waals surface area (Å²) in [5.74, 6) is -0.494. The molecular formula is C10H12FNO4S. The summed E-state index contributed by atoms with van der Waals surface area (Å²) >= 11 is 0. The van der Waals surface area contributed by atoms with Gasteiger partial charge in [0.05, 0.1) is 6.61 Å². The van der Waals surface area contributed by atoms with Crippen molar-refractivity contribution in [3.8, 4) is 0 Å². The predicted molar refractivity (Wildman–Crippen MR) is 60.4 cm³/mol. The van der Waals surface area contributed by atoms with E-state index in [1.807, 2.05) is 0 Å². The number of hydrogen-bond acceptors (Lipinski definition) is 5. The first-order valence-electron chi connectivity index (χ1n) is 4.67. The molecular weight excluding hydrogens is 249 g/mol. The Hall–Kier alpha value is -1.47. The smallest absolute Gasteiger partial charge is 0.158 e. The molecule has 0 heterocycles. The van der Waals surface area contributed by atoms with Crippen molar-refractivity contribution in [1.29, 1.82) is 0 Å². The summed E-state index contributed by atoms with van der Waals surface area (Å²) in [7, 11) is -3.62. The van der Waals surface area contributed by atoms with E-state index >= 15 is 0 Å². The van der Waals surface area contributed by atoms with E-state index in [9.17, 15) is 12.8 Å². The molecule has 0 fully saturated rings. The van der Waals surface area contributed by atoms with Crippen molar-refractivity contribution in [3.63, 3.8) is 0 Å². The Balaban J connectivity index is 3.20. The summed E-state index contributed by atoms with van der Waals surface area (Å²) in [6, 6.07) is 4.77. The molecule has 0 aliphatic carbocycles. The van der Waals surface area contributed by atoms with Crippen LogP contribution in [0.5, 0.6) is 0 Å². The molecule has 1 unspecified atom stereocenters. The minimum Gasteiger partial charge on any atom is -0.411 e. The lowest BCUT2D eigenvalue weighted by Gasteiger charge is -2.13. The molecule has 0 saturated carbocycles. The number of oxime groups is 1. The molecule has 0 spiro atoms. The quantitative estimate of drug-likeness (QED) is 0.467. The van der Waals surface area contributed by atoms with Crippen LogP contribution in [0.1, 0.15) is 5.56 Å². The van der Waals surface area contributed by atoms with Crippen LogP contribution in [-0.2, 0) is 9.84 Å². The van der Waals surface area contributed by atoms with Crippen molar-refractivity contribution in [2.45, 2.75) is 5.25 Å². The number of halogens is 1. The summed E-state index contributed by atoms with van der Waals surface area (Å²) in [5, 5.41) is 19.4. The van der Waals surface area contributed by atoms with Gasteiger partial charge in [-0.15, -0.1) is 0 Å². The maximum absolute atomic E-state index is 12.7. The van der Waals surface area contributed by atoms with Crippen molar-refractivity contribution in [2.75, 3.05) is 12.9 Å². The molecule has 94 valence electrons. The Morgan fingerprint density at radius 3 is 2.29 bits per heavy atom. The van der Waals surface area contributed by atoms with Crippen LogP contribution in [0.15, 0.2) is 29.4 Å². The van der Waals surface area contributed by atoms with Crippen LogP contribution in [-0.4, -0.2) is 42.6 Å². The van der Waals surface area contributed by atoms with E-state index in [0.29, 0.717) is 0 Å². The van der Waals surface area contributed by atoms with Crippen LogP contribution in [0.2, 0.25) is 0 Å². The Labute approximate surface area is 98.1 Å². The summed E-state index contributed by atoms with van der Waals surface area (Å²) in [6.45, 7) is -0.713. The van der Waals surface area contributed by atoms with Crippen molar-refractivity contribution in [2.24, 2.45) is 5.16 Å². The van der Waals surface area contributed by atoms with Gasteiger partial charge in [0.2, 0.25) is 0 Å². The molecule has 1 aromatic carbocycles. The van der Waals surface area contributed by atoms with E-state index in [2.05, 4.69) is 5.16 Å². The number of aliphatic hydroxyl groups is 1. The second-order valence-corrected chi connectivity index (χ2v) is 5.72. The van der Waals surface area contributed by atoms with E-state index in [1.165, 1.54) is 12.1 Å². The zero-order valence-electron chi connectivity index (χ0n) is 9.04. The van der Waals surface area contributed by atoms with Gasteiger partial charge < -0.3 is 10.3 Å². The molecule has 0 saturated heterocycles. The van der Waals surface area contributed by atoms with Crippen molar-refractivity contribution >= 4 is 15.5 Å². The van der Waals surface area contributed by atoms with Gasteiger partial charge in [0.25, 0.3) is 0 Å². The van der Waals surface area contributed by atoms with Gasteiger partial charge in [-0.05, 0) is 12.1 Å². The van der Waals surface area contributed by atoms with E-state index in [-0.39, 0.29) is 11.3 Å². The lowest BCUT2D eigenvalue weighted by atomic mass is 10.1. The number of rotatable bonds is 4. The highest BCUT2D eigenvalue weighted by Crippen LogP contribution is 2.12. The zero-order chi connectivity index (χ0) is 13.1. The summed E-state index contributed by atoms with van der Waals surface area (Å²) in [4.78, 5) is 0. The minimum absolute atomic E-state index is 0.213. The number of aliphatic hydroxyl groups excluding tert-OH is 1. The average molecular weight is 261 g/mol. The van der Waals surface area contributed by atoms with Gasteiger partial charge in [0.15, 0.2) is 9.84 Å². The molecule has 0 aliphatic heterocycles. The van der Waals surface area contributed by atoms with Crippen LogP contribution in [0.3, 0.4) is 0 Å². The van der Waals surface area contributed by atoms with Crippen LogP contribution in [0.4, 0.5) is 4.39 Å². The number of nitrogens with zero attached hydrogens (tertiary/aromatic N) is 1. The Kier molecular flexibility index (Phi) is 4.19. The highest BCUT2D eigenvalue weighted by Gasteiger charge is 2.27. The topological polar surface area (TPSA) is 87.0 Å². The van der Waals surface area contributed by atoms with E-state index < -0.39 is 27.5 Å². The second kappa shape index (κ2) is 5.24. The van der Waals surface area contributed by atoms with Crippen LogP contribution < -0.4 is 0 Å². The van der Waals surface area contributed by atoms with Crippen LogP contribution in [0.25, 0.3) is 0 Å². The Morgan fingerprint density at radius 2 is 1.94 bits per heavy atom. The normalized spacial score (nSPS) is 14.6. The van der Waals surface area contributed by atoms with Crippen molar-refractivity contribution in [3.05, 3.63) is 35.6 Å². The van der Waals surface area contributed by atoms with Crippen molar-refractivity contribution < 1.29 is 23.1 Å². The van der Waals surface area contributed by atoms with E-state index in [0.717, 1.165) is 18.4 Å². The molecule has 0 aromatic heterocycles. The summed E-state index contributed by atoms with van der Waals surface area (Å²) < 4.78 is 35.5. The maximum Gasteiger partial charge on any atom is 0.158 e. The molecule has 1 rings (SSSR count). The van der Waals surface area contributed by atoms with Gasteiger partial charge in [-0.1, -0.05) is 17.3 Å². The summed E-state index contributed by atoms with van der Waals surface area (Å²) in [5.41, 5.74) is 0.0216. The molecule has 0 radical (unpaired) electrons. The number of benzene rings is 1. The van der Waals surface area contributed by atoms with Gasteiger partial charge in [-0.3, -0.25) is 0 Å². The van der Waals surface area contributed by atoms with Crippen LogP contribution >= 0.6 is 0 Å². The molecule has 0 aliphatic rings. The highest BCUT2D eigenvalue weighted by molar-refractivity contribution is 7.92. The van der Waals surface area contributed by atoms with Gasteiger partial charge >= 0.3 is 0 Å². The third-order valence-corrected chi connectivity index (χ3v) is 3.64. The molecule has 7 heteroatoms. The number of sulfone groups is 1. The molecule has 1 atom stereocenters. The molecule has 2 N–H and O–H groups in total. The lowest BCUT2D eigenvalue weighted by Crippen LogP contribution is -2.33. The van der Waals surface area contributed by atoms with Gasteiger partial charge in [-0.25, -0.2) is 12.8 Å². The monoisotopic (exact) mass is 261 g/mol.